The van der Waals surface area contributed by atoms with Crippen LogP contribution in [0.2, 0.25) is 0 Å². The van der Waals surface area contributed by atoms with Crippen LogP contribution in [0.3, 0.4) is 0 Å². The van der Waals surface area contributed by atoms with Gasteiger partial charge in [-0.1, -0.05) is 0 Å². The number of rotatable bonds is 3. The van der Waals surface area contributed by atoms with Gasteiger partial charge in [0.1, 0.15) is 14.1 Å². The van der Waals surface area contributed by atoms with Crippen LogP contribution in [0.1, 0.15) is 10.4 Å². The monoisotopic (exact) mass is 425 g/mol. The molecule has 0 saturated heterocycles. The van der Waals surface area contributed by atoms with E-state index in [0.29, 0.717) is 0 Å². The van der Waals surface area contributed by atoms with Gasteiger partial charge >= 0.3 is 5.97 Å². The van der Waals surface area contributed by atoms with Gasteiger partial charge in [0.15, 0.2) is 0 Å². The molecule has 7 heteroatoms. The second kappa shape index (κ2) is 8.19. The third-order valence-corrected chi connectivity index (χ3v) is 5.85. The van der Waals surface area contributed by atoms with E-state index in [1.807, 2.05) is 50.3 Å². The van der Waals surface area contributed by atoms with Gasteiger partial charge in [-0.25, -0.2) is 14.4 Å². The van der Waals surface area contributed by atoms with Crippen LogP contribution >= 0.6 is 11.3 Å². The summed E-state index contributed by atoms with van der Waals surface area (Å²) in [6, 6.07) is 19.4. The van der Waals surface area contributed by atoms with Gasteiger partial charge in [-0.2, -0.15) is 0 Å². The Balaban J connectivity index is 0.00000240. The molecule has 0 atom stereocenters. The number of nitrogens with zero attached hydrogens (tertiary/aromatic N) is 3. The molecule has 1 aliphatic heterocycles. The molecule has 0 bridgehead atoms. The van der Waals surface area contributed by atoms with Gasteiger partial charge in [0.2, 0.25) is 5.36 Å². The standard InChI is InChI=1S/C22H19N3O2S.ClH/c1-24(2)16-8-10-18-20(12-16)28-21-13-17(9-11-19(21)23-18)25(3)15-6-4-14(5-7-15)22(26)27;/h4-13H,1-3H3;1H. The van der Waals surface area contributed by atoms with Gasteiger partial charge in [-0.15, -0.1) is 11.3 Å². The van der Waals surface area contributed by atoms with Crippen molar-refractivity contribution in [3.63, 3.8) is 0 Å². The predicted molar refractivity (Wildman–Crippen MR) is 115 cm³/mol. The first-order valence-corrected chi connectivity index (χ1v) is 9.66. The van der Waals surface area contributed by atoms with Gasteiger partial charge in [-0.3, -0.25) is 0 Å². The molecule has 0 radical (unpaired) electrons. The molecule has 0 spiro atoms. The van der Waals surface area contributed by atoms with Crippen molar-refractivity contribution in [3.8, 4) is 10.6 Å². The van der Waals surface area contributed by atoms with Gasteiger partial charge in [0.25, 0.3) is 0 Å². The molecule has 5 nitrogen and oxygen atoms in total. The molecular weight excluding hydrogens is 406 g/mol. The van der Waals surface area contributed by atoms with E-state index in [1.54, 1.807) is 23.5 Å². The number of aromatic nitrogens is 1. The number of halogens is 1. The highest BCUT2D eigenvalue weighted by Crippen LogP contribution is 2.33. The van der Waals surface area contributed by atoms with Crippen molar-refractivity contribution in [3.05, 3.63) is 71.6 Å². The molecule has 0 aromatic heterocycles. The van der Waals surface area contributed by atoms with Crippen LogP contribution in [0.5, 0.6) is 0 Å². The number of carbonyl (C=O) groups is 1. The molecular formula is C22H20ClN3O2S. The van der Waals surface area contributed by atoms with E-state index in [9.17, 15) is 4.79 Å². The zero-order chi connectivity index (χ0) is 19.8. The van der Waals surface area contributed by atoms with E-state index >= 15 is 0 Å². The minimum absolute atomic E-state index is 0. The first-order chi connectivity index (χ1) is 13.4. The van der Waals surface area contributed by atoms with Gasteiger partial charge < -0.3 is 22.4 Å². The lowest BCUT2D eigenvalue weighted by Crippen LogP contribution is -3.00. The maximum absolute atomic E-state index is 11.0. The van der Waals surface area contributed by atoms with Crippen molar-refractivity contribution in [2.24, 2.45) is 0 Å². The number of hydrogen-bond donors (Lipinski definition) is 1. The van der Waals surface area contributed by atoms with Crippen molar-refractivity contribution in [1.82, 2.24) is 9.56 Å². The molecule has 1 heterocycles. The lowest BCUT2D eigenvalue weighted by Gasteiger charge is -2.20. The number of carboxylic acid groups (broad SMARTS) is 1. The number of anilines is 2. The molecule has 0 saturated carbocycles. The summed E-state index contributed by atoms with van der Waals surface area (Å²) in [4.78, 5) is 19.0. The fourth-order valence-corrected chi connectivity index (χ4v) is 4.10. The van der Waals surface area contributed by atoms with E-state index in [4.69, 9.17) is 10.1 Å². The molecule has 0 unspecified atom stereocenters. The Kier molecular flexibility index (Phi) is 5.86. The fraction of sp³-hybridized carbons (Fsp3) is 0.136. The minimum Gasteiger partial charge on any atom is -1.00 e. The molecule has 2 aliphatic rings. The lowest BCUT2D eigenvalue weighted by molar-refractivity contribution is -0.0000211. The highest BCUT2D eigenvalue weighted by Gasteiger charge is 2.11. The zero-order valence-corrected chi connectivity index (χ0v) is 17.8. The van der Waals surface area contributed by atoms with Crippen molar-refractivity contribution in [2.45, 2.75) is 0 Å². The molecule has 29 heavy (non-hydrogen) atoms. The number of fused-ring (bicyclic) bond motifs is 2. The van der Waals surface area contributed by atoms with E-state index in [1.165, 1.54) is 0 Å². The fourth-order valence-electron chi connectivity index (χ4n) is 3.07. The molecule has 4 rings (SSSR count). The lowest BCUT2D eigenvalue weighted by atomic mass is 10.2. The summed E-state index contributed by atoms with van der Waals surface area (Å²) in [5.74, 6) is -0.920. The number of hydrogen-bond acceptors (Lipinski definition) is 4. The highest BCUT2D eigenvalue weighted by molar-refractivity contribution is 7.21. The summed E-state index contributed by atoms with van der Waals surface area (Å²) in [5, 5.41) is 10.2. The smallest absolute Gasteiger partial charge is 0.335 e. The van der Waals surface area contributed by atoms with Crippen LogP contribution in [0.15, 0.2) is 60.7 Å². The van der Waals surface area contributed by atoms with Crippen LogP contribution in [-0.4, -0.2) is 37.2 Å². The summed E-state index contributed by atoms with van der Waals surface area (Å²) in [6.45, 7) is 0. The first kappa shape index (κ1) is 20.8. The predicted octanol–water partition coefficient (Wildman–Crippen LogP) is 0.903. The van der Waals surface area contributed by atoms with Gasteiger partial charge in [0.05, 0.1) is 26.4 Å². The molecule has 2 aromatic carbocycles. The summed E-state index contributed by atoms with van der Waals surface area (Å²) < 4.78 is 3.19. The third-order valence-electron chi connectivity index (χ3n) is 4.75. The highest BCUT2D eigenvalue weighted by atomic mass is 35.5. The Morgan fingerprint density at radius 2 is 1.69 bits per heavy atom. The van der Waals surface area contributed by atoms with Crippen molar-refractivity contribution in [2.75, 3.05) is 26.0 Å². The average molecular weight is 426 g/mol. The summed E-state index contributed by atoms with van der Waals surface area (Å²) >= 11 is 1.72. The number of benzene rings is 3. The topological polar surface area (TPSA) is 56.4 Å². The second-order valence-corrected chi connectivity index (χ2v) is 7.91. The van der Waals surface area contributed by atoms with E-state index < -0.39 is 5.97 Å². The summed E-state index contributed by atoms with van der Waals surface area (Å²) in [5.41, 5.74) is 4.20. The number of carboxylic acids is 1. The van der Waals surface area contributed by atoms with Crippen LogP contribution in [0.25, 0.3) is 20.8 Å². The van der Waals surface area contributed by atoms with Gasteiger partial charge in [0, 0.05) is 30.6 Å². The molecule has 148 valence electrons. The Morgan fingerprint density at radius 3 is 2.34 bits per heavy atom. The average Bonchev–Trinajstić information content (AvgIpc) is 2.70. The van der Waals surface area contributed by atoms with Crippen molar-refractivity contribution >= 4 is 38.9 Å². The Hall–Kier alpha value is -2.96. The quantitative estimate of drug-likeness (QED) is 0.391. The Bertz CT molecular complexity index is 1230. The van der Waals surface area contributed by atoms with E-state index in [-0.39, 0.29) is 18.0 Å². The molecule has 0 fully saturated rings. The zero-order valence-electron chi connectivity index (χ0n) is 16.3. The van der Waals surface area contributed by atoms with Crippen LogP contribution < -0.4 is 27.2 Å². The largest absolute Gasteiger partial charge is 1.00 e. The maximum Gasteiger partial charge on any atom is 0.335 e. The SMILES string of the molecule is CN(c1ccc(C(=O)O)cc1)c1ccc2nc3ccc(=[N+](C)C)cc-3sc2c1.[Cl-]. The van der Waals surface area contributed by atoms with E-state index in [2.05, 4.69) is 28.8 Å². The van der Waals surface area contributed by atoms with Gasteiger partial charge in [-0.05, 0) is 48.5 Å². The van der Waals surface area contributed by atoms with Crippen molar-refractivity contribution in [1.29, 1.82) is 0 Å². The van der Waals surface area contributed by atoms with E-state index in [0.717, 1.165) is 37.5 Å². The number of aromatic carboxylic acids is 1. The van der Waals surface area contributed by atoms with Crippen molar-refractivity contribution < 1.29 is 22.3 Å². The van der Waals surface area contributed by atoms with Crippen LogP contribution in [0.4, 0.5) is 11.4 Å². The van der Waals surface area contributed by atoms with Crippen LogP contribution in [0, 0.1) is 0 Å². The minimum atomic E-state index is -0.920. The molecule has 1 aliphatic carbocycles. The Morgan fingerprint density at radius 1 is 1.00 bits per heavy atom. The van der Waals surface area contributed by atoms with Crippen LogP contribution in [-0.2, 0) is 0 Å². The molecule has 1 N–H and O–H groups in total. The Labute approximate surface area is 179 Å². The third kappa shape index (κ3) is 4.09. The first-order valence-electron chi connectivity index (χ1n) is 8.84. The maximum atomic E-state index is 11.0. The summed E-state index contributed by atoms with van der Waals surface area (Å²) in [7, 11) is 6.03. The molecule has 2 aromatic rings. The second-order valence-electron chi connectivity index (χ2n) is 6.82. The normalized spacial score (nSPS) is 10.6. The summed E-state index contributed by atoms with van der Waals surface area (Å²) in [6.07, 6.45) is 0. The molecule has 0 amide bonds.